The highest BCUT2D eigenvalue weighted by atomic mass is 16.5. The Morgan fingerprint density at radius 2 is 2.10 bits per heavy atom. The van der Waals surface area contributed by atoms with Gasteiger partial charge in [-0.3, -0.25) is 9.36 Å². The highest BCUT2D eigenvalue weighted by molar-refractivity contribution is 5.94. The molecule has 1 atom stereocenters. The Balaban J connectivity index is 2.49. The van der Waals surface area contributed by atoms with Crippen molar-refractivity contribution in [3.05, 3.63) is 36.0 Å². The van der Waals surface area contributed by atoms with Crippen LogP contribution in [-0.4, -0.2) is 35.7 Å². The van der Waals surface area contributed by atoms with E-state index in [-0.39, 0.29) is 12.3 Å². The molecule has 1 aromatic carbocycles. The topological polar surface area (TPSA) is 77.7 Å². The van der Waals surface area contributed by atoms with Crippen LogP contribution in [-0.2, 0) is 20.7 Å². The smallest absolute Gasteiger partial charge is 0.331 e. The van der Waals surface area contributed by atoms with Crippen molar-refractivity contribution >= 4 is 28.9 Å². The molecule has 21 heavy (non-hydrogen) atoms. The number of benzene rings is 1. The number of nitrogens with zero attached hydrogens (tertiary/aromatic N) is 2. The predicted octanol–water partition coefficient (Wildman–Crippen LogP) is 1.72. The number of esters is 1. The number of rotatable bonds is 4. The lowest BCUT2D eigenvalue weighted by Gasteiger charge is -2.07. The molecule has 1 aromatic heterocycles. The first-order valence-corrected chi connectivity index (χ1v) is 6.33. The van der Waals surface area contributed by atoms with Crippen LogP contribution in [0.3, 0.4) is 0 Å². The molecule has 0 saturated heterocycles. The number of fused-ring (bicyclic) bond motifs is 1. The van der Waals surface area contributed by atoms with Crippen LogP contribution in [0, 0.1) is 0 Å². The number of para-hydroxylation sites is 1. The molecule has 0 aliphatic heterocycles. The Morgan fingerprint density at radius 1 is 1.38 bits per heavy atom. The second-order valence-corrected chi connectivity index (χ2v) is 4.52. The van der Waals surface area contributed by atoms with Gasteiger partial charge < -0.3 is 4.74 Å². The highest BCUT2D eigenvalue weighted by Crippen LogP contribution is 2.23. The summed E-state index contributed by atoms with van der Waals surface area (Å²) in [7, 11) is 1.23. The molecule has 1 heterocycles. The summed E-state index contributed by atoms with van der Waals surface area (Å²) >= 11 is 0. The normalized spacial score (nSPS) is 11.7. The van der Waals surface area contributed by atoms with Gasteiger partial charge in [-0.05, 0) is 11.6 Å². The third kappa shape index (κ3) is 2.90. The van der Waals surface area contributed by atoms with Gasteiger partial charge in [0, 0.05) is 24.9 Å². The van der Waals surface area contributed by atoms with Crippen LogP contribution in [0.15, 0.2) is 35.5 Å². The summed E-state index contributed by atoms with van der Waals surface area (Å²) in [5.74, 6) is -0.746. The van der Waals surface area contributed by atoms with Crippen LogP contribution in [0.25, 0.3) is 10.9 Å². The highest BCUT2D eigenvalue weighted by Gasteiger charge is 2.21. The second-order valence-electron chi connectivity index (χ2n) is 4.52. The first kappa shape index (κ1) is 14.7. The first-order chi connectivity index (χ1) is 10.1. The maximum Gasteiger partial charge on any atom is 0.331 e. The van der Waals surface area contributed by atoms with E-state index >= 15 is 0 Å². The van der Waals surface area contributed by atoms with Crippen molar-refractivity contribution < 1.29 is 19.1 Å². The van der Waals surface area contributed by atoms with Crippen LogP contribution in [0.5, 0.6) is 0 Å². The van der Waals surface area contributed by atoms with E-state index in [1.54, 1.807) is 6.20 Å². The number of ether oxygens (including phenoxy) is 1. The van der Waals surface area contributed by atoms with Gasteiger partial charge in [-0.1, -0.05) is 18.2 Å². The molecule has 0 fully saturated rings. The second kappa shape index (κ2) is 6.15. The summed E-state index contributed by atoms with van der Waals surface area (Å²) in [6.07, 6.45) is 3.21. The van der Waals surface area contributed by atoms with E-state index in [9.17, 15) is 14.4 Å². The largest absolute Gasteiger partial charge is 0.467 e. The molecule has 6 heteroatoms. The van der Waals surface area contributed by atoms with Gasteiger partial charge in [0.1, 0.15) is 0 Å². The van der Waals surface area contributed by atoms with Gasteiger partial charge in [0.15, 0.2) is 6.04 Å². The molecular formula is C15H14N2O4. The van der Waals surface area contributed by atoms with Gasteiger partial charge in [-0.25, -0.2) is 9.59 Å². The molecule has 0 N–H and O–H groups in total. The van der Waals surface area contributed by atoms with E-state index in [2.05, 4.69) is 9.73 Å². The van der Waals surface area contributed by atoms with Crippen LogP contribution in [0.2, 0.25) is 0 Å². The third-order valence-electron chi connectivity index (χ3n) is 3.23. The third-order valence-corrected chi connectivity index (χ3v) is 3.23. The monoisotopic (exact) mass is 286 g/mol. The van der Waals surface area contributed by atoms with E-state index in [0.29, 0.717) is 0 Å². The zero-order chi connectivity index (χ0) is 15.4. The molecule has 1 unspecified atom stereocenters. The fourth-order valence-corrected chi connectivity index (χ4v) is 2.26. The van der Waals surface area contributed by atoms with E-state index in [4.69, 9.17) is 0 Å². The number of methoxy groups -OCH3 is 1. The van der Waals surface area contributed by atoms with Gasteiger partial charge in [-0.2, -0.15) is 4.99 Å². The molecule has 0 bridgehead atoms. The summed E-state index contributed by atoms with van der Waals surface area (Å²) in [5, 5.41) is 0.836. The number of carbonyl (C=O) groups is 2. The molecule has 0 saturated carbocycles. The van der Waals surface area contributed by atoms with Crippen molar-refractivity contribution in [3.8, 4) is 0 Å². The maximum atomic E-state index is 11.7. The van der Waals surface area contributed by atoms with Gasteiger partial charge >= 0.3 is 5.97 Å². The summed E-state index contributed by atoms with van der Waals surface area (Å²) in [6.45, 7) is 1.46. The lowest BCUT2D eigenvalue weighted by Crippen LogP contribution is -2.22. The maximum absolute atomic E-state index is 11.7. The first-order valence-electron chi connectivity index (χ1n) is 6.33. The quantitative estimate of drug-likeness (QED) is 0.487. The lowest BCUT2D eigenvalue weighted by atomic mass is 10.1. The lowest BCUT2D eigenvalue weighted by molar-refractivity contribution is -0.142. The molecule has 2 rings (SSSR count). The fraction of sp³-hybridized carbons (Fsp3) is 0.267. The Kier molecular flexibility index (Phi) is 4.30. The minimum atomic E-state index is -0.960. The minimum absolute atomic E-state index is 0.133. The predicted molar refractivity (Wildman–Crippen MR) is 75.9 cm³/mol. The Bertz CT molecular complexity index is 741. The average molecular weight is 286 g/mol. The number of isocyanates is 1. The van der Waals surface area contributed by atoms with Crippen LogP contribution >= 0.6 is 0 Å². The van der Waals surface area contributed by atoms with Gasteiger partial charge in [0.2, 0.25) is 12.0 Å². The summed E-state index contributed by atoms with van der Waals surface area (Å²) in [5.41, 5.74) is 1.49. The zero-order valence-corrected chi connectivity index (χ0v) is 11.7. The number of hydrogen-bond acceptors (Lipinski definition) is 5. The van der Waals surface area contributed by atoms with Crippen molar-refractivity contribution in [1.29, 1.82) is 0 Å². The van der Waals surface area contributed by atoms with Crippen LogP contribution < -0.4 is 0 Å². The molecular weight excluding hydrogens is 272 g/mol. The van der Waals surface area contributed by atoms with Gasteiger partial charge in [0.05, 0.1) is 12.6 Å². The number of carbonyl (C=O) groups excluding carboxylic acids is 3. The van der Waals surface area contributed by atoms with E-state index in [0.717, 1.165) is 16.5 Å². The van der Waals surface area contributed by atoms with Gasteiger partial charge in [-0.15, -0.1) is 0 Å². The molecule has 0 aliphatic carbocycles. The number of aliphatic imine (C=N–C) groups is 1. The standard InChI is InChI=1S/C15H14N2O4/c1-10(19)17-8-11(12-5-3-4-6-14(12)17)7-13(16-9-18)15(20)21-2/h3-6,8,13H,7H2,1-2H3. The van der Waals surface area contributed by atoms with Crippen molar-refractivity contribution in [2.75, 3.05) is 7.11 Å². The van der Waals surface area contributed by atoms with Crippen molar-refractivity contribution in [2.24, 2.45) is 4.99 Å². The van der Waals surface area contributed by atoms with E-state index in [1.165, 1.54) is 24.7 Å². The molecule has 0 amide bonds. The molecule has 108 valence electrons. The Hall–Kier alpha value is -2.72. The molecule has 2 aromatic rings. The van der Waals surface area contributed by atoms with Gasteiger partial charge in [0.25, 0.3) is 0 Å². The minimum Gasteiger partial charge on any atom is -0.467 e. The summed E-state index contributed by atoms with van der Waals surface area (Å²) in [6, 6.07) is 6.37. The van der Waals surface area contributed by atoms with E-state index in [1.807, 2.05) is 24.3 Å². The molecule has 0 aliphatic rings. The van der Waals surface area contributed by atoms with Crippen LogP contribution in [0.4, 0.5) is 0 Å². The van der Waals surface area contributed by atoms with E-state index < -0.39 is 12.0 Å². The van der Waals surface area contributed by atoms with Crippen LogP contribution in [0.1, 0.15) is 17.3 Å². The van der Waals surface area contributed by atoms with Crippen molar-refractivity contribution in [3.63, 3.8) is 0 Å². The Morgan fingerprint density at radius 3 is 2.71 bits per heavy atom. The fourth-order valence-electron chi connectivity index (χ4n) is 2.26. The summed E-state index contributed by atoms with van der Waals surface area (Å²) < 4.78 is 6.12. The van der Waals surface area contributed by atoms with Crippen molar-refractivity contribution in [2.45, 2.75) is 19.4 Å². The van der Waals surface area contributed by atoms with Crippen molar-refractivity contribution in [1.82, 2.24) is 4.57 Å². The molecule has 0 radical (unpaired) electrons. The Labute approximate surface area is 121 Å². The molecule has 0 spiro atoms. The number of aromatic nitrogens is 1. The SMILES string of the molecule is COC(=O)C(Cc1cn(C(C)=O)c2ccccc12)N=C=O. The average Bonchev–Trinajstić information content (AvgIpc) is 2.85. The zero-order valence-electron chi connectivity index (χ0n) is 11.7. The number of hydrogen-bond donors (Lipinski definition) is 0. The molecule has 6 nitrogen and oxygen atoms in total. The summed E-state index contributed by atoms with van der Waals surface area (Å²) in [4.78, 5) is 37.2.